The van der Waals surface area contributed by atoms with Gasteiger partial charge in [-0.25, -0.2) is 24.5 Å². The average Bonchev–Trinajstić information content (AvgIpc) is 2.64. The van der Waals surface area contributed by atoms with E-state index in [1.54, 1.807) is 41.5 Å². The van der Waals surface area contributed by atoms with Crippen molar-refractivity contribution in [2.75, 3.05) is 0 Å². The molecule has 1 aromatic rings. The van der Waals surface area contributed by atoms with Crippen molar-refractivity contribution < 1.29 is 53.5 Å². The first-order chi connectivity index (χ1) is 9.30. The second kappa shape index (κ2) is 17.5. The molecule has 0 fully saturated rings. The molecule has 132 valence electrons. The summed E-state index contributed by atoms with van der Waals surface area (Å²) in [6.07, 6.45) is -0.500. The van der Waals surface area contributed by atoms with Crippen LogP contribution in [0, 0.1) is 0 Å². The molecule has 0 heterocycles. The smallest absolute Gasteiger partial charge is 0.394 e. The van der Waals surface area contributed by atoms with Crippen LogP contribution in [-0.4, -0.2) is 42.7 Å². The quantitative estimate of drug-likeness (QED) is 0.311. The number of halogens is 3. The van der Waals surface area contributed by atoms with Crippen molar-refractivity contribution in [3.8, 4) is 0 Å². The van der Waals surface area contributed by atoms with Gasteiger partial charge in [-0.2, -0.15) is 12.1 Å². The first kappa shape index (κ1) is 30.0. The van der Waals surface area contributed by atoms with Crippen LogP contribution in [-0.2, 0) is 25.8 Å². The van der Waals surface area contributed by atoms with Gasteiger partial charge in [0.15, 0.2) is 0 Å². The van der Waals surface area contributed by atoms with Gasteiger partial charge in [0, 0.05) is 44.2 Å². The maximum atomic E-state index is 11.8. The fraction of sp³-hybridized carbons (Fsp3) is 0.643. The number of rotatable bonds is 1. The Kier molecular flexibility index (Phi) is 23.8. The van der Waals surface area contributed by atoms with Crippen LogP contribution in [0.4, 0.5) is 12.3 Å². The van der Waals surface area contributed by atoms with Crippen LogP contribution in [0.3, 0.4) is 0 Å². The number of aliphatic hydroxyl groups excluding tert-OH is 3. The van der Waals surface area contributed by atoms with Crippen molar-refractivity contribution in [1.82, 2.24) is 0 Å². The normalized spacial score (nSPS) is 9.77. The summed E-state index contributed by atoms with van der Waals surface area (Å²) in [5, 5.41) is 23.7. The Balaban J connectivity index is -0.000000107. The summed E-state index contributed by atoms with van der Waals surface area (Å²) < 4.78 is 35.3. The summed E-state index contributed by atoms with van der Waals surface area (Å²) in [7, 11) is -5.48. The van der Waals surface area contributed by atoms with Crippen molar-refractivity contribution in [1.29, 1.82) is 0 Å². The predicted molar refractivity (Wildman–Crippen MR) is 82.8 cm³/mol. The number of aliphatic hydroxyl groups is 3. The molecule has 0 unspecified atom stereocenters. The van der Waals surface area contributed by atoms with E-state index >= 15 is 0 Å². The minimum Gasteiger partial charge on any atom is -0.394 e. The van der Waals surface area contributed by atoms with Gasteiger partial charge in [-0.3, -0.25) is 0 Å². The van der Waals surface area contributed by atoms with E-state index in [1.165, 1.54) is 12.1 Å². The van der Waals surface area contributed by atoms with Gasteiger partial charge in [-0.05, 0) is 41.5 Å². The molecule has 0 saturated heterocycles. The third-order valence-corrected chi connectivity index (χ3v) is 1.98. The summed E-state index contributed by atoms with van der Waals surface area (Å²) in [5.74, 6) is 0. The number of hydrogen-bond donors (Lipinski definition) is 3. The number of hydrogen-bond acceptors (Lipinski definition) is 3. The monoisotopic (exact) mass is 509 g/mol. The van der Waals surface area contributed by atoms with E-state index in [1.807, 2.05) is 0 Å². The molecule has 0 aromatic heterocycles. The fourth-order valence-corrected chi connectivity index (χ4v) is 1.13. The summed E-state index contributed by atoms with van der Waals surface area (Å²) in [6, 6.07) is 5.00. The summed E-state index contributed by atoms with van der Waals surface area (Å²) >= 11 is 0. The summed E-state index contributed by atoms with van der Waals surface area (Å²) in [4.78, 5) is 0. The maximum Gasteiger partial charge on any atom is 0.584 e. The zero-order valence-corrected chi connectivity index (χ0v) is 18.6. The molecule has 0 atom stereocenters. The topological polar surface area (TPSA) is 60.7 Å². The van der Waals surface area contributed by atoms with Gasteiger partial charge in [0.2, 0.25) is 0 Å². The predicted octanol–water partition coefficient (Wildman–Crippen LogP) is 2.62. The van der Waals surface area contributed by atoms with E-state index in [0.29, 0.717) is 0 Å². The van der Waals surface area contributed by atoms with E-state index in [4.69, 9.17) is 15.3 Å². The third kappa shape index (κ3) is 42.7. The Morgan fingerprint density at radius 2 is 0.909 bits per heavy atom. The molecule has 22 heavy (non-hydrogen) atoms. The van der Waals surface area contributed by atoms with Crippen LogP contribution in [0.2, 0.25) is 0 Å². The third-order valence-electron chi connectivity index (χ3n) is 0.990. The van der Waals surface area contributed by atoms with Gasteiger partial charge in [0.25, 0.3) is 0 Å². The molecule has 0 aliphatic heterocycles. The van der Waals surface area contributed by atoms with E-state index in [0.717, 1.165) is 12.1 Å². The first-order valence-corrected chi connectivity index (χ1v) is 8.27. The molecule has 0 spiro atoms. The average molecular weight is 508 g/mol. The van der Waals surface area contributed by atoms with Crippen LogP contribution in [0.5, 0.6) is 0 Å². The molecule has 3 N–H and O–H groups in total. The minimum absolute atomic E-state index is 0. The van der Waals surface area contributed by atoms with Crippen LogP contribution < -0.4 is 5.19 Å². The van der Waals surface area contributed by atoms with E-state index in [2.05, 4.69) is 0 Å². The molecule has 0 aliphatic rings. The molecular weight excluding hydrogens is 480 g/mol. The summed E-state index contributed by atoms with van der Waals surface area (Å²) in [5.41, 5.74) is 0. The van der Waals surface area contributed by atoms with Crippen molar-refractivity contribution in [2.24, 2.45) is 0 Å². The van der Waals surface area contributed by atoms with E-state index in [-0.39, 0.29) is 44.2 Å². The molecule has 0 radical (unpaired) electrons. The second-order valence-corrected chi connectivity index (χ2v) is 6.53. The van der Waals surface area contributed by atoms with Crippen LogP contribution >= 0.6 is 0 Å². The second-order valence-electron chi connectivity index (χ2n) is 4.95. The Hall–Kier alpha value is 0.107. The molecule has 0 amide bonds. The zero-order chi connectivity index (χ0) is 17.6. The van der Waals surface area contributed by atoms with Crippen molar-refractivity contribution in [3.63, 3.8) is 0 Å². The Bertz CT molecular complexity index is 280. The molecule has 0 bridgehead atoms. The molecular formula is C14H28F3HfO3Si-. The fourth-order valence-electron chi connectivity index (χ4n) is 0.563. The van der Waals surface area contributed by atoms with Crippen LogP contribution in [0.1, 0.15) is 41.5 Å². The van der Waals surface area contributed by atoms with Gasteiger partial charge >= 0.3 is 9.08 Å². The van der Waals surface area contributed by atoms with E-state index in [9.17, 15) is 12.3 Å². The van der Waals surface area contributed by atoms with Crippen molar-refractivity contribution in [3.05, 3.63) is 24.3 Å². The first-order valence-electron chi connectivity index (χ1n) is 6.63. The standard InChI is InChI=1S/C5H4F3Si.3C3H8O.Hf/c6-9(7,8)5-3-1-2-4-5;3*1-3(2)4;/h1-4H;3*3-4H,1-2H3;/q-1;;;;. The molecule has 3 nitrogen and oxygen atoms in total. The molecule has 1 rings (SSSR count). The maximum absolute atomic E-state index is 11.8. The van der Waals surface area contributed by atoms with E-state index < -0.39 is 14.3 Å². The van der Waals surface area contributed by atoms with Gasteiger partial charge in [0.05, 0.1) is 0 Å². The zero-order valence-electron chi connectivity index (χ0n) is 14.0. The van der Waals surface area contributed by atoms with Crippen LogP contribution in [0.25, 0.3) is 0 Å². The van der Waals surface area contributed by atoms with Crippen molar-refractivity contribution in [2.45, 2.75) is 59.9 Å². The Labute approximate surface area is 151 Å². The largest absolute Gasteiger partial charge is 0.584 e. The SMILES string of the molecule is CC(C)O.CC(C)O.CC(C)O.F[Si](F)(F)[c-]1cccc1.[Hf]. The minimum atomic E-state index is -5.48. The van der Waals surface area contributed by atoms with Crippen LogP contribution in [0.15, 0.2) is 24.3 Å². The Morgan fingerprint density at radius 3 is 1.00 bits per heavy atom. The van der Waals surface area contributed by atoms with Gasteiger partial charge in [0.1, 0.15) is 0 Å². The van der Waals surface area contributed by atoms with Gasteiger partial charge in [-0.1, -0.05) is 5.19 Å². The van der Waals surface area contributed by atoms with Crippen molar-refractivity contribution >= 4 is 14.3 Å². The summed E-state index contributed by atoms with van der Waals surface area (Å²) in [6.45, 7) is 10.3. The Morgan fingerprint density at radius 1 is 0.727 bits per heavy atom. The molecule has 8 heteroatoms. The van der Waals surface area contributed by atoms with Gasteiger partial charge < -0.3 is 15.3 Å². The van der Waals surface area contributed by atoms with Gasteiger partial charge in [-0.15, -0.1) is 0 Å². The molecule has 0 aliphatic carbocycles. The molecule has 0 saturated carbocycles. The molecule has 1 aromatic carbocycles.